The molecule has 2 N–H and O–H groups in total. The third-order valence-corrected chi connectivity index (χ3v) is 3.83. The van der Waals surface area contributed by atoms with E-state index in [0.717, 1.165) is 16.7 Å². The Labute approximate surface area is 130 Å². The topological polar surface area (TPSA) is 97.5 Å². The van der Waals surface area contributed by atoms with Crippen molar-refractivity contribution in [1.82, 2.24) is 29.9 Å². The van der Waals surface area contributed by atoms with Gasteiger partial charge in [-0.2, -0.15) is 10.2 Å². The molecule has 8 heteroatoms. The van der Waals surface area contributed by atoms with Crippen LogP contribution in [0, 0.1) is 0 Å². The zero-order valence-corrected chi connectivity index (χ0v) is 12.1. The van der Waals surface area contributed by atoms with E-state index in [-0.39, 0.29) is 0 Å². The van der Waals surface area contributed by atoms with Crippen LogP contribution >= 0.6 is 0 Å². The molecule has 0 radical (unpaired) electrons. The second kappa shape index (κ2) is 4.67. The highest BCUT2D eigenvalue weighted by atomic mass is 16.3. The molecule has 0 unspecified atom stereocenters. The second-order valence-corrected chi connectivity index (χ2v) is 5.57. The third-order valence-electron chi connectivity index (χ3n) is 3.83. The smallest absolute Gasteiger partial charge is 0.198 e. The highest BCUT2D eigenvalue weighted by Crippen LogP contribution is 2.35. The molecule has 0 spiro atoms. The maximum atomic E-state index is 5.39. The van der Waals surface area contributed by atoms with Crippen molar-refractivity contribution in [3.8, 4) is 11.6 Å². The molecule has 1 fully saturated rings. The molecule has 0 bridgehead atoms. The van der Waals surface area contributed by atoms with Crippen molar-refractivity contribution in [2.45, 2.75) is 18.9 Å². The lowest BCUT2D eigenvalue weighted by atomic mass is 10.3. The molecule has 0 atom stereocenters. The third kappa shape index (κ3) is 2.15. The van der Waals surface area contributed by atoms with Crippen molar-refractivity contribution >= 4 is 22.5 Å². The number of anilines is 2. The summed E-state index contributed by atoms with van der Waals surface area (Å²) in [5.74, 6) is 1.78. The molecule has 114 valence electrons. The predicted molar refractivity (Wildman–Crippen MR) is 83.2 cm³/mol. The van der Waals surface area contributed by atoms with Crippen molar-refractivity contribution in [2.75, 3.05) is 5.32 Å². The fraction of sp³-hybridized carbons (Fsp3) is 0.200. The van der Waals surface area contributed by atoms with Gasteiger partial charge in [0.15, 0.2) is 17.4 Å². The fourth-order valence-electron chi connectivity index (χ4n) is 2.52. The van der Waals surface area contributed by atoms with Crippen LogP contribution in [0.15, 0.2) is 41.4 Å². The van der Waals surface area contributed by atoms with Gasteiger partial charge in [0.1, 0.15) is 11.0 Å². The van der Waals surface area contributed by atoms with Gasteiger partial charge in [0.2, 0.25) is 0 Å². The lowest BCUT2D eigenvalue weighted by Gasteiger charge is -2.05. The minimum atomic E-state index is 0.515. The highest BCUT2D eigenvalue weighted by molar-refractivity contribution is 5.88. The van der Waals surface area contributed by atoms with Gasteiger partial charge in [-0.15, -0.1) is 0 Å². The number of furan rings is 1. The van der Waals surface area contributed by atoms with Gasteiger partial charge in [-0.05, 0) is 25.0 Å². The van der Waals surface area contributed by atoms with Gasteiger partial charge in [0.05, 0.1) is 30.4 Å². The normalized spacial score (nSPS) is 14.4. The maximum Gasteiger partial charge on any atom is 0.198 e. The van der Waals surface area contributed by atoms with Crippen molar-refractivity contribution in [3.63, 3.8) is 0 Å². The first-order valence-corrected chi connectivity index (χ1v) is 7.43. The number of rotatable bonds is 4. The molecule has 1 saturated carbocycles. The SMILES string of the molecule is c1coc(-c2nc(Nc3cnn(C4CC4)c3)c3[nH]ncc3n2)c1. The molecule has 0 aromatic carbocycles. The summed E-state index contributed by atoms with van der Waals surface area (Å²) in [6.45, 7) is 0. The van der Waals surface area contributed by atoms with Gasteiger partial charge < -0.3 is 9.73 Å². The van der Waals surface area contributed by atoms with Crippen LogP contribution in [0.4, 0.5) is 11.5 Å². The molecule has 0 saturated heterocycles. The van der Waals surface area contributed by atoms with E-state index in [4.69, 9.17) is 4.42 Å². The molecule has 1 aliphatic carbocycles. The van der Waals surface area contributed by atoms with Crippen LogP contribution in [0.3, 0.4) is 0 Å². The monoisotopic (exact) mass is 307 g/mol. The first-order chi connectivity index (χ1) is 11.4. The van der Waals surface area contributed by atoms with E-state index in [1.807, 2.05) is 23.0 Å². The number of hydrogen-bond donors (Lipinski definition) is 2. The Morgan fingerprint density at radius 3 is 3.04 bits per heavy atom. The molecule has 23 heavy (non-hydrogen) atoms. The Hall–Kier alpha value is -3.16. The molecule has 0 amide bonds. The van der Waals surface area contributed by atoms with E-state index in [1.165, 1.54) is 12.8 Å². The summed E-state index contributed by atoms with van der Waals surface area (Å²) in [7, 11) is 0. The van der Waals surface area contributed by atoms with Gasteiger partial charge in [-0.1, -0.05) is 0 Å². The Kier molecular flexibility index (Phi) is 2.51. The first kappa shape index (κ1) is 12.4. The van der Waals surface area contributed by atoms with Gasteiger partial charge in [0.25, 0.3) is 0 Å². The van der Waals surface area contributed by atoms with Gasteiger partial charge in [-0.25, -0.2) is 9.97 Å². The minimum absolute atomic E-state index is 0.515. The van der Waals surface area contributed by atoms with Crippen molar-refractivity contribution in [2.24, 2.45) is 0 Å². The summed E-state index contributed by atoms with van der Waals surface area (Å²) in [4.78, 5) is 9.02. The average Bonchev–Trinajstić information content (AvgIpc) is 3.01. The maximum absolute atomic E-state index is 5.39. The summed E-state index contributed by atoms with van der Waals surface area (Å²) in [5.41, 5.74) is 2.36. The molecule has 4 heterocycles. The van der Waals surface area contributed by atoms with E-state index in [9.17, 15) is 0 Å². The van der Waals surface area contributed by atoms with Crippen molar-refractivity contribution in [1.29, 1.82) is 0 Å². The quantitative estimate of drug-likeness (QED) is 0.601. The first-order valence-electron chi connectivity index (χ1n) is 7.43. The van der Waals surface area contributed by atoms with Crippen LogP contribution in [0.5, 0.6) is 0 Å². The summed E-state index contributed by atoms with van der Waals surface area (Å²) >= 11 is 0. The van der Waals surface area contributed by atoms with E-state index in [2.05, 4.69) is 30.6 Å². The van der Waals surface area contributed by atoms with Crippen LogP contribution in [-0.2, 0) is 0 Å². The van der Waals surface area contributed by atoms with Crippen molar-refractivity contribution < 1.29 is 4.42 Å². The molecule has 1 aliphatic rings. The number of aromatic nitrogens is 6. The Bertz CT molecular complexity index is 965. The van der Waals surface area contributed by atoms with Gasteiger partial charge in [0, 0.05) is 6.20 Å². The predicted octanol–water partition coefficient (Wildman–Crippen LogP) is 2.89. The van der Waals surface area contributed by atoms with Crippen LogP contribution in [0.2, 0.25) is 0 Å². The molecule has 5 rings (SSSR count). The molecule has 8 nitrogen and oxygen atoms in total. The second-order valence-electron chi connectivity index (χ2n) is 5.57. The van der Waals surface area contributed by atoms with Crippen LogP contribution < -0.4 is 5.32 Å². The van der Waals surface area contributed by atoms with Crippen LogP contribution in [0.1, 0.15) is 18.9 Å². The zero-order valence-electron chi connectivity index (χ0n) is 12.1. The largest absolute Gasteiger partial charge is 0.461 e. The molecule has 4 aromatic rings. The van der Waals surface area contributed by atoms with E-state index in [0.29, 0.717) is 23.4 Å². The molecule has 0 aliphatic heterocycles. The number of H-pyrrole nitrogens is 1. The highest BCUT2D eigenvalue weighted by Gasteiger charge is 2.24. The van der Waals surface area contributed by atoms with Crippen LogP contribution in [-0.4, -0.2) is 29.9 Å². The van der Waals surface area contributed by atoms with Gasteiger partial charge >= 0.3 is 0 Å². The zero-order chi connectivity index (χ0) is 15.2. The number of nitrogens with zero attached hydrogens (tertiary/aromatic N) is 5. The summed E-state index contributed by atoms with van der Waals surface area (Å²) in [6.07, 6.45) is 9.46. The summed E-state index contributed by atoms with van der Waals surface area (Å²) in [6, 6.07) is 4.18. The van der Waals surface area contributed by atoms with E-state index >= 15 is 0 Å². The summed E-state index contributed by atoms with van der Waals surface area (Å²) < 4.78 is 7.38. The molecular weight excluding hydrogens is 294 g/mol. The van der Waals surface area contributed by atoms with Crippen molar-refractivity contribution in [3.05, 3.63) is 37.0 Å². The lowest BCUT2D eigenvalue weighted by Crippen LogP contribution is -1.98. The van der Waals surface area contributed by atoms with Gasteiger partial charge in [-0.3, -0.25) is 9.78 Å². The number of aromatic amines is 1. The Morgan fingerprint density at radius 2 is 2.22 bits per heavy atom. The lowest BCUT2D eigenvalue weighted by molar-refractivity contribution is 0.577. The molecular formula is C15H13N7O. The van der Waals surface area contributed by atoms with E-state index < -0.39 is 0 Å². The number of nitrogens with one attached hydrogen (secondary N) is 2. The van der Waals surface area contributed by atoms with E-state index in [1.54, 1.807) is 18.7 Å². The fourth-order valence-corrected chi connectivity index (χ4v) is 2.52. The van der Waals surface area contributed by atoms with Crippen LogP contribution in [0.25, 0.3) is 22.6 Å². The Morgan fingerprint density at radius 1 is 1.26 bits per heavy atom. The Balaban J connectivity index is 1.57. The minimum Gasteiger partial charge on any atom is -0.461 e. The average molecular weight is 307 g/mol. The molecule has 4 aromatic heterocycles. The number of fused-ring (bicyclic) bond motifs is 1. The summed E-state index contributed by atoms with van der Waals surface area (Å²) in [5, 5.41) is 14.6. The standard InChI is InChI=1S/C15H13N7O/c1-2-12(23-5-1)14-19-11-7-16-21-13(11)15(20-14)18-9-6-17-22(8-9)10-3-4-10/h1-2,5-8,10H,3-4H2,(H,16,21)(H,18,19,20). The number of hydrogen-bond acceptors (Lipinski definition) is 6.